The SMILES string of the molecule is CCNC(=NCCCOCC1CCOC1)NCCN(C)C(=O)OC(C)(C)C. The Bertz CT molecular complexity index is 445. The molecule has 1 aliphatic heterocycles. The van der Waals surface area contributed by atoms with Gasteiger partial charge < -0.3 is 29.7 Å². The van der Waals surface area contributed by atoms with Crippen LogP contribution in [0.25, 0.3) is 0 Å². The van der Waals surface area contributed by atoms with E-state index in [-0.39, 0.29) is 6.09 Å². The Morgan fingerprint density at radius 3 is 2.74 bits per heavy atom. The van der Waals surface area contributed by atoms with Gasteiger partial charge in [-0.2, -0.15) is 0 Å². The van der Waals surface area contributed by atoms with Gasteiger partial charge in [0.25, 0.3) is 0 Å². The second-order valence-electron chi connectivity index (χ2n) is 7.75. The maximum absolute atomic E-state index is 11.9. The first kappa shape index (κ1) is 23.5. The normalized spacial score (nSPS) is 17.7. The van der Waals surface area contributed by atoms with E-state index in [1.165, 1.54) is 0 Å². The highest BCUT2D eigenvalue weighted by Gasteiger charge is 2.19. The second kappa shape index (κ2) is 12.8. The van der Waals surface area contributed by atoms with Crippen LogP contribution < -0.4 is 10.6 Å². The van der Waals surface area contributed by atoms with Crippen molar-refractivity contribution in [2.75, 3.05) is 59.7 Å². The van der Waals surface area contributed by atoms with Crippen LogP contribution in [-0.4, -0.2) is 82.2 Å². The van der Waals surface area contributed by atoms with Crippen LogP contribution in [-0.2, 0) is 14.2 Å². The molecular formula is C19H38N4O4. The lowest BCUT2D eigenvalue weighted by Gasteiger charge is -2.24. The molecule has 2 N–H and O–H groups in total. The number of guanidine groups is 1. The van der Waals surface area contributed by atoms with Crippen LogP contribution in [0.5, 0.6) is 0 Å². The van der Waals surface area contributed by atoms with Gasteiger partial charge in [0, 0.05) is 52.4 Å². The van der Waals surface area contributed by atoms with Gasteiger partial charge in [0.15, 0.2) is 5.96 Å². The van der Waals surface area contributed by atoms with Gasteiger partial charge in [0.05, 0.1) is 13.2 Å². The predicted octanol–water partition coefficient (Wildman–Crippen LogP) is 1.85. The third kappa shape index (κ3) is 11.7. The minimum Gasteiger partial charge on any atom is -0.444 e. The minimum absolute atomic E-state index is 0.323. The average molecular weight is 387 g/mol. The summed E-state index contributed by atoms with van der Waals surface area (Å²) in [4.78, 5) is 18.0. The number of ether oxygens (including phenoxy) is 3. The van der Waals surface area contributed by atoms with E-state index in [0.29, 0.717) is 32.2 Å². The van der Waals surface area contributed by atoms with Gasteiger partial charge in [-0.05, 0) is 40.5 Å². The number of carbonyl (C=O) groups excluding carboxylic acids is 1. The molecule has 0 radical (unpaired) electrons. The number of hydrogen-bond acceptors (Lipinski definition) is 5. The number of nitrogens with one attached hydrogen (secondary N) is 2. The summed E-state index contributed by atoms with van der Waals surface area (Å²) in [6, 6.07) is 0. The van der Waals surface area contributed by atoms with E-state index < -0.39 is 5.60 Å². The Labute approximate surface area is 164 Å². The van der Waals surface area contributed by atoms with E-state index in [2.05, 4.69) is 15.6 Å². The van der Waals surface area contributed by atoms with Crippen LogP contribution in [0.15, 0.2) is 4.99 Å². The predicted molar refractivity (Wildman–Crippen MR) is 107 cm³/mol. The third-order valence-electron chi connectivity index (χ3n) is 3.88. The maximum atomic E-state index is 11.9. The lowest BCUT2D eigenvalue weighted by atomic mass is 10.1. The van der Waals surface area contributed by atoms with Gasteiger partial charge in [0.1, 0.15) is 5.60 Å². The molecule has 27 heavy (non-hydrogen) atoms. The van der Waals surface area contributed by atoms with Crippen LogP contribution in [0.1, 0.15) is 40.5 Å². The van der Waals surface area contributed by atoms with Crippen molar-refractivity contribution >= 4 is 12.1 Å². The first-order valence-corrected chi connectivity index (χ1v) is 9.93. The lowest BCUT2D eigenvalue weighted by Crippen LogP contribution is -2.43. The summed E-state index contributed by atoms with van der Waals surface area (Å²) in [6.07, 6.45) is 1.66. The number of aliphatic imine (C=N–C) groups is 1. The van der Waals surface area contributed by atoms with Crippen molar-refractivity contribution in [3.05, 3.63) is 0 Å². The van der Waals surface area contributed by atoms with E-state index in [4.69, 9.17) is 14.2 Å². The van der Waals surface area contributed by atoms with Crippen LogP contribution in [0, 0.1) is 5.92 Å². The van der Waals surface area contributed by atoms with Crippen molar-refractivity contribution in [3.8, 4) is 0 Å². The Morgan fingerprint density at radius 2 is 2.11 bits per heavy atom. The molecule has 158 valence electrons. The van der Waals surface area contributed by atoms with Crippen molar-refractivity contribution in [1.29, 1.82) is 0 Å². The average Bonchev–Trinajstić information content (AvgIpc) is 3.09. The fourth-order valence-electron chi connectivity index (χ4n) is 2.44. The summed E-state index contributed by atoms with van der Waals surface area (Å²) in [5.41, 5.74) is -0.484. The fraction of sp³-hybridized carbons (Fsp3) is 0.895. The first-order valence-electron chi connectivity index (χ1n) is 9.93. The quantitative estimate of drug-likeness (QED) is 0.339. The largest absolute Gasteiger partial charge is 0.444 e. The Kier molecular flexibility index (Phi) is 11.1. The highest BCUT2D eigenvalue weighted by molar-refractivity contribution is 5.79. The summed E-state index contributed by atoms with van der Waals surface area (Å²) in [6.45, 7) is 13.4. The molecule has 1 rings (SSSR count). The van der Waals surface area contributed by atoms with Gasteiger partial charge in [-0.25, -0.2) is 4.79 Å². The Morgan fingerprint density at radius 1 is 1.33 bits per heavy atom. The molecule has 0 aromatic heterocycles. The summed E-state index contributed by atoms with van der Waals surface area (Å²) < 4.78 is 16.4. The van der Waals surface area contributed by atoms with Gasteiger partial charge in [-0.1, -0.05) is 0 Å². The molecule has 1 saturated heterocycles. The van der Waals surface area contributed by atoms with Crippen LogP contribution in [0.3, 0.4) is 0 Å². The molecule has 0 saturated carbocycles. The topological polar surface area (TPSA) is 84.4 Å². The molecule has 0 aromatic carbocycles. The van der Waals surface area contributed by atoms with Gasteiger partial charge >= 0.3 is 6.09 Å². The molecule has 8 nitrogen and oxygen atoms in total. The van der Waals surface area contributed by atoms with Crippen molar-refractivity contribution in [2.24, 2.45) is 10.9 Å². The Balaban J connectivity index is 2.19. The molecular weight excluding hydrogens is 348 g/mol. The first-order chi connectivity index (χ1) is 12.8. The summed E-state index contributed by atoms with van der Waals surface area (Å²) in [5.74, 6) is 1.30. The standard InChI is InChI=1S/C19H38N4O4/c1-6-20-17(21-9-7-12-25-14-16-8-13-26-15-16)22-10-11-23(5)18(24)27-19(2,3)4/h16H,6-15H2,1-5H3,(H2,20,21,22). The highest BCUT2D eigenvalue weighted by Crippen LogP contribution is 2.12. The zero-order valence-electron chi connectivity index (χ0n) is 17.7. The summed E-state index contributed by atoms with van der Waals surface area (Å²) in [7, 11) is 1.73. The number of nitrogens with zero attached hydrogens (tertiary/aromatic N) is 2. The molecule has 1 aliphatic rings. The molecule has 0 spiro atoms. The number of likely N-dealkylation sites (N-methyl/N-ethyl adjacent to an activating group) is 1. The smallest absolute Gasteiger partial charge is 0.410 e. The molecule has 8 heteroatoms. The maximum Gasteiger partial charge on any atom is 0.410 e. The zero-order valence-corrected chi connectivity index (χ0v) is 17.7. The van der Waals surface area contributed by atoms with Crippen molar-refractivity contribution < 1.29 is 19.0 Å². The summed E-state index contributed by atoms with van der Waals surface area (Å²) in [5, 5.41) is 6.44. The van der Waals surface area contributed by atoms with Gasteiger partial charge in [0.2, 0.25) is 0 Å². The zero-order chi connectivity index (χ0) is 20.1. The van der Waals surface area contributed by atoms with Crippen LogP contribution in [0.2, 0.25) is 0 Å². The number of rotatable bonds is 10. The minimum atomic E-state index is -0.484. The van der Waals surface area contributed by atoms with Crippen molar-refractivity contribution in [3.63, 3.8) is 0 Å². The second-order valence-corrected chi connectivity index (χ2v) is 7.75. The number of hydrogen-bond donors (Lipinski definition) is 2. The lowest BCUT2D eigenvalue weighted by molar-refractivity contribution is 0.0302. The summed E-state index contributed by atoms with van der Waals surface area (Å²) >= 11 is 0. The monoisotopic (exact) mass is 386 g/mol. The van der Waals surface area contributed by atoms with E-state index in [1.807, 2.05) is 27.7 Å². The number of carbonyl (C=O) groups is 1. The molecule has 1 heterocycles. The molecule has 1 amide bonds. The fourth-order valence-corrected chi connectivity index (χ4v) is 2.44. The van der Waals surface area contributed by atoms with E-state index in [9.17, 15) is 4.79 Å². The van der Waals surface area contributed by atoms with E-state index >= 15 is 0 Å². The third-order valence-corrected chi connectivity index (χ3v) is 3.88. The van der Waals surface area contributed by atoms with E-state index in [1.54, 1.807) is 11.9 Å². The molecule has 1 fully saturated rings. The van der Waals surface area contributed by atoms with E-state index in [0.717, 1.165) is 45.2 Å². The van der Waals surface area contributed by atoms with Crippen molar-refractivity contribution in [2.45, 2.75) is 46.1 Å². The molecule has 0 aliphatic carbocycles. The number of amides is 1. The molecule has 0 aromatic rings. The Hall–Kier alpha value is -1.54. The van der Waals surface area contributed by atoms with Crippen molar-refractivity contribution in [1.82, 2.24) is 15.5 Å². The molecule has 1 atom stereocenters. The van der Waals surface area contributed by atoms with Gasteiger partial charge in [-0.3, -0.25) is 4.99 Å². The van der Waals surface area contributed by atoms with Gasteiger partial charge in [-0.15, -0.1) is 0 Å². The highest BCUT2D eigenvalue weighted by atomic mass is 16.6. The molecule has 0 bridgehead atoms. The van der Waals surface area contributed by atoms with Crippen LogP contribution >= 0.6 is 0 Å². The molecule has 1 unspecified atom stereocenters. The van der Waals surface area contributed by atoms with Crippen LogP contribution in [0.4, 0.5) is 4.79 Å².